The molecule has 1 saturated heterocycles. The normalized spacial score (nSPS) is 27.9. The Morgan fingerprint density at radius 1 is 1.62 bits per heavy atom. The molecule has 94 valence electrons. The van der Waals surface area contributed by atoms with Gasteiger partial charge < -0.3 is 14.7 Å². The quantitative estimate of drug-likeness (QED) is 0.779. The molecular formula is C12H23NO3. The number of nitrogens with zero attached hydrogens (tertiary/aromatic N) is 1. The van der Waals surface area contributed by atoms with Gasteiger partial charge in [-0.25, -0.2) is 0 Å². The molecule has 1 aliphatic rings. The van der Waals surface area contributed by atoms with Crippen LogP contribution in [0.1, 0.15) is 26.7 Å². The third kappa shape index (κ3) is 3.76. The van der Waals surface area contributed by atoms with E-state index in [0.717, 1.165) is 13.0 Å². The summed E-state index contributed by atoms with van der Waals surface area (Å²) < 4.78 is 5.01. The van der Waals surface area contributed by atoms with E-state index in [1.54, 1.807) is 12.0 Å². The Hall–Kier alpha value is -0.610. The van der Waals surface area contributed by atoms with Crippen LogP contribution in [0.3, 0.4) is 0 Å². The second-order valence-corrected chi connectivity index (χ2v) is 4.94. The van der Waals surface area contributed by atoms with Crippen LogP contribution in [0.25, 0.3) is 0 Å². The Morgan fingerprint density at radius 3 is 2.88 bits per heavy atom. The number of β-amino-alcohol motifs (C(OH)–C–C–N with tert-alkyl or cyclic N) is 1. The first kappa shape index (κ1) is 13.5. The predicted molar refractivity (Wildman–Crippen MR) is 62.0 cm³/mol. The minimum absolute atomic E-state index is 0.135. The molecule has 4 nitrogen and oxygen atoms in total. The average molecular weight is 229 g/mol. The van der Waals surface area contributed by atoms with E-state index < -0.39 is 0 Å². The van der Waals surface area contributed by atoms with Gasteiger partial charge in [-0.1, -0.05) is 13.8 Å². The molecule has 1 rings (SSSR count). The zero-order chi connectivity index (χ0) is 12.1. The molecule has 0 aromatic carbocycles. The molecule has 16 heavy (non-hydrogen) atoms. The van der Waals surface area contributed by atoms with Gasteiger partial charge in [0.2, 0.25) is 5.91 Å². The van der Waals surface area contributed by atoms with Crippen LogP contribution >= 0.6 is 0 Å². The number of likely N-dealkylation sites (tertiary alicyclic amines) is 1. The summed E-state index contributed by atoms with van der Waals surface area (Å²) in [7, 11) is 1.65. The highest BCUT2D eigenvalue weighted by atomic mass is 16.5. The van der Waals surface area contributed by atoms with Crippen LogP contribution < -0.4 is 0 Å². The number of hydrogen-bond acceptors (Lipinski definition) is 3. The maximum atomic E-state index is 11.9. The number of methoxy groups -OCH3 is 1. The van der Waals surface area contributed by atoms with E-state index in [-0.39, 0.29) is 17.9 Å². The van der Waals surface area contributed by atoms with Crippen LogP contribution in [0.15, 0.2) is 0 Å². The van der Waals surface area contributed by atoms with Crippen molar-refractivity contribution >= 4 is 5.91 Å². The van der Waals surface area contributed by atoms with E-state index in [1.165, 1.54) is 0 Å². The van der Waals surface area contributed by atoms with Crippen molar-refractivity contribution in [2.45, 2.75) is 32.8 Å². The Labute approximate surface area is 97.6 Å². The molecule has 3 atom stereocenters. The van der Waals surface area contributed by atoms with Crippen LogP contribution in [0.2, 0.25) is 0 Å². The lowest BCUT2D eigenvalue weighted by atomic mass is 9.95. The fraction of sp³-hybridized carbons (Fsp3) is 0.917. The lowest BCUT2D eigenvalue weighted by Gasteiger charge is -2.34. The van der Waals surface area contributed by atoms with E-state index in [1.807, 2.05) is 13.8 Å². The molecule has 0 aliphatic carbocycles. The molecule has 4 heteroatoms. The number of amides is 1. The first-order valence-electron chi connectivity index (χ1n) is 5.99. The molecular weight excluding hydrogens is 206 g/mol. The van der Waals surface area contributed by atoms with Gasteiger partial charge in [0.05, 0.1) is 6.10 Å². The summed E-state index contributed by atoms with van der Waals surface area (Å²) in [6.45, 7) is 5.90. The van der Waals surface area contributed by atoms with E-state index in [9.17, 15) is 9.90 Å². The van der Waals surface area contributed by atoms with Crippen molar-refractivity contribution in [3.8, 4) is 0 Å². The largest absolute Gasteiger partial charge is 0.391 e. The lowest BCUT2D eigenvalue weighted by Crippen LogP contribution is -2.46. The third-order valence-corrected chi connectivity index (χ3v) is 3.25. The minimum atomic E-state index is -0.365. The van der Waals surface area contributed by atoms with Gasteiger partial charge in [0, 0.05) is 33.2 Å². The molecule has 1 aliphatic heterocycles. The zero-order valence-corrected chi connectivity index (χ0v) is 10.5. The van der Waals surface area contributed by atoms with E-state index in [0.29, 0.717) is 25.5 Å². The number of aliphatic hydroxyl groups is 1. The van der Waals surface area contributed by atoms with Crippen LogP contribution in [0.5, 0.6) is 0 Å². The minimum Gasteiger partial charge on any atom is -0.391 e. The topological polar surface area (TPSA) is 49.8 Å². The van der Waals surface area contributed by atoms with Gasteiger partial charge in [-0.2, -0.15) is 0 Å². The summed E-state index contributed by atoms with van der Waals surface area (Å²) in [5.74, 6) is 0.685. The fourth-order valence-electron chi connectivity index (χ4n) is 2.05. The standard InChI is InChI=1S/C12H23NO3/c1-9(8-16-3)6-12(15)13-5-4-10(2)11(14)7-13/h9-11,14H,4-8H2,1-3H3. The van der Waals surface area contributed by atoms with Gasteiger partial charge >= 0.3 is 0 Å². The lowest BCUT2D eigenvalue weighted by molar-refractivity contribution is -0.136. The first-order valence-corrected chi connectivity index (χ1v) is 5.99. The average Bonchev–Trinajstić information content (AvgIpc) is 2.22. The Balaban J connectivity index is 2.37. The van der Waals surface area contributed by atoms with Crippen LogP contribution in [-0.4, -0.2) is 48.8 Å². The summed E-state index contributed by atoms with van der Waals surface area (Å²) in [4.78, 5) is 13.7. The molecule has 1 N–H and O–H groups in total. The maximum Gasteiger partial charge on any atom is 0.223 e. The van der Waals surface area contributed by atoms with Gasteiger partial charge in [0.1, 0.15) is 0 Å². The van der Waals surface area contributed by atoms with E-state index in [4.69, 9.17) is 4.74 Å². The van der Waals surface area contributed by atoms with E-state index >= 15 is 0 Å². The number of rotatable bonds is 4. The van der Waals surface area contributed by atoms with Gasteiger partial charge in [-0.05, 0) is 18.3 Å². The fourth-order valence-corrected chi connectivity index (χ4v) is 2.05. The summed E-state index contributed by atoms with van der Waals surface area (Å²) in [5, 5.41) is 9.72. The summed E-state index contributed by atoms with van der Waals surface area (Å²) >= 11 is 0. The van der Waals surface area contributed by atoms with Crippen molar-refractivity contribution in [1.29, 1.82) is 0 Å². The third-order valence-electron chi connectivity index (χ3n) is 3.25. The second kappa shape index (κ2) is 6.21. The highest BCUT2D eigenvalue weighted by molar-refractivity contribution is 5.76. The van der Waals surface area contributed by atoms with Crippen LogP contribution in [-0.2, 0) is 9.53 Å². The number of ether oxygens (including phenoxy) is 1. The number of aliphatic hydroxyl groups excluding tert-OH is 1. The van der Waals surface area contributed by atoms with Crippen molar-refractivity contribution in [3.05, 3.63) is 0 Å². The van der Waals surface area contributed by atoms with Crippen LogP contribution in [0, 0.1) is 11.8 Å². The predicted octanol–water partition coefficient (Wildman–Crippen LogP) is 0.888. The first-order chi connectivity index (χ1) is 7.54. The van der Waals surface area contributed by atoms with Crippen molar-refractivity contribution in [2.75, 3.05) is 26.8 Å². The van der Waals surface area contributed by atoms with Crippen molar-refractivity contribution in [1.82, 2.24) is 4.90 Å². The smallest absolute Gasteiger partial charge is 0.223 e. The maximum absolute atomic E-state index is 11.9. The van der Waals surface area contributed by atoms with Gasteiger partial charge in [-0.3, -0.25) is 4.79 Å². The van der Waals surface area contributed by atoms with Gasteiger partial charge in [0.25, 0.3) is 0 Å². The number of carbonyl (C=O) groups excluding carboxylic acids is 1. The SMILES string of the molecule is COCC(C)CC(=O)N1CCC(C)C(O)C1. The highest BCUT2D eigenvalue weighted by Crippen LogP contribution is 2.18. The molecule has 3 unspecified atom stereocenters. The van der Waals surface area contributed by atoms with Crippen molar-refractivity contribution in [2.24, 2.45) is 11.8 Å². The van der Waals surface area contributed by atoms with Crippen LogP contribution in [0.4, 0.5) is 0 Å². The molecule has 0 aromatic heterocycles. The molecule has 1 amide bonds. The summed E-state index contributed by atoms with van der Waals surface area (Å²) in [6, 6.07) is 0. The number of piperidine rings is 1. The molecule has 1 fully saturated rings. The molecule has 0 bridgehead atoms. The summed E-state index contributed by atoms with van der Waals surface area (Å²) in [6.07, 6.45) is 1.04. The highest BCUT2D eigenvalue weighted by Gasteiger charge is 2.27. The Kier molecular flexibility index (Phi) is 5.22. The molecule has 0 saturated carbocycles. The molecule has 0 spiro atoms. The van der Waals surface area contributed by atoms with Crippen molar-refractivity contribution in [3.63, 3.8) is 0 Å². The van der Waals surface area contributed by atoms with Gasteiger partial charge in [0.15, 0.2) is 0 Å². The second-order valence-electron chi connectivity index (χ2n) is 4.94. The monoisotopic (exact) mass is 229 g/mol. The molecule has 1 heterocycles. The Morgan fingerprint density at radius 2 is 2.31 bits per heavy atom. The van der Waals surface area contributed by atoms with Gasteiger partial charge in [-0.15, -0.1) is 0 Å². The zero-order valence-electron chi connectivity index (χ0n) is 10.5. The number of hydrogen-bond donors (Lipinski definition) is 1. The van der Waals surface area contributed by atoms with Crippen molar-refractivity contribution < 1.29 is 14.6 Å². The Bertz CT molecular complexity index is 232. The number of carbonyl (C=O) groups is 1. The van der Waals surface area contributed by atoms with E-state index in [2.05, 4.69) is 0 Å². The summed E-state index contributed by atoms with van der Waals surface area (Å²) in [5.41, 5.74) is 0. The molecule has 0 radical (unpaired) electrons. The molecule has 0 aromatic rings.